The maximum atomic E-state index is 12.5. The smallest absolute Gasteiger partial charge is 0.241 e. The lowest BCUT2D eigenvalue weighted by atomic mass is 10.1. The van der Waals surface area contributed by atoms with Gasteiger partial charge in [0.15, 0.2) is 0 Å². The molecule has 3 unspecified atom stereocenters. The predicted molar refractivity (Wildman–Crippen MR) is 77.6 cm³/mol. The van der Waals surface area contributed by atoms with Crippen molar-refractivity contribution in [2.24, 2.45) is 11.8 Å². The minimum absolute atomic E-state index is 0.0662. The Hall–Kier alpha value is -0.220. The zero-order valence-electron chi connectivity index (χ0n) is 11.8. The van der Waals surface area contributed by atoms with Gasteiger partial charge >= 0.3 is 0 Å². The highest BCUT2D eigenvalue weighted by atomic mass is 32.2. The summed E-state index contributed by atoms with van der Waals surface area (Å²) >= 11 is 2.03. The van der Waals surface area contributed by atoms with E-state index < -0.39 is 0 Å². The van der Waals surface area contributed by atoms with E-state index in [1.54, 1.807) is 0 Å². The average molecular weight is 270 g/mol. The number of carbonyl (C=O) groups is 1. The zero-order valence-corrected chi connectivity index (χ0v) is 12.6. The number of nitrogens with one attached hydrogen (secondary N) is 1. The van der Waals surface area contributed by atoms with Crippen LogP contribution < -0.4 is 5.32 Å². The number of carbonyl (C=O) groups excluding carboxylic acids is 1. The third-order valence-electron chi connectivity index (χ3n) is 3.98. The highest BCUT2D eigenvalue weighted by Crippen LogP contribution is 2.28. The van der Waals surface area contributed by atoms with Gasteiger partial charge in [0.05, 0.1) is 12.2 Å². The molecule has 2 aliphatic heterocycles. The molecule has 18 heavy (non-hydrogen) atoms. The Balaban J connectivity index is 2.01. The van der Waals surface area contributed by atoms with Gasteiger partial charge in [-0.05, 0) is 36.2 Å². The van der Waals surface area contributed by atoms with Crippen LogP contribution in [0.15, 0.2) is 0 Å². The van der Waals surface area contributed by atoms with E-state index in [1.807, 2.05) is 11.8 Å². The van der Waals surface area contributed by atoms with Crippen molar-refractivity contribution < 1.29 is 4.79 Å². The number of nitrogens with zero attached hydrogens (tertiary/aromatic N) is 1. The lowest BCUT2D eigenvalue weighted by Gasteiger charge is -2.29. The highest BCUT2D eigenvalue weighted by molar-refractivity contribution is 7.99. The van der Waals surface area contributed by atoms with E-state index in [2.05, 4.69) is 31.0 Å². The zero-order chi connectivity index (χ0) is 13.1. The molecule has 1 N–H and O–H groups in total. The topological polar surface area (TPSA) is 32.3 Å². The molecule has 0 saturated carbocycles. The van der Waals surface area contributed by atoms with Gasteiger partial charge in [0.25, 0.3) is 0 Å². The first-order valence-corrected chi connectivity index (χ1v) is 8.43. The normalized spacial score (nSPS) is 32.8. The van der Waals surface area contributed by atoms with Crippen molar-refractivity contribution in [3.63, 3.8) is 0 Å². The monoisotopic (exact) mass is 270 g/mol. The summed E-state index contributed by atoms with van der Waals surface area (Å²) < 4.78 is 0. The molecule has 0 aromatic carbocycles. The Kier molecular flexibility index (Phi) is 4.96. The van der Waals surface area contributed by atoms with Crippen molar-refractivity contribution in [3.8, 4) is 0 Å². The summed E-state index contributed by atoms with van der Waals surface area (Å²) in [6, 6.07) is 0.0662. The fraction of sp³-hybridized carbons (Fsp3) is 0.929. The summed E-state index contributed by atoms with van der Waals surface area (Å²) in [5.74, 6) is 4.04. The van der Waals surface area contributed by atoms with Crippen LogP contribution in [-0.2, 0) is 4.79 Å². The van der Waals surface area contributed by atoms with Crippen LogP contribution in [0, 0.1) is 11.8 Å². The molecule has 0 aromatic heterocycles. The molecule has 3 nitrogen and oxygen atoms in total. The summed E-state index contributed by atoms with van der Waals surface area (Å²) in [6.45, 7) is 7.52. The van der Waals surface area contributed by atoms with Gasteiger partial charge in [-0.15, -0.1) is 0 Å². The standard InChI is InChI=1S/C14H26N2OS/c1-4-5-12-14(17)16(13(15-12)10(2)3)8-11-6-7-18-9-11/h10-13,15H,4-9H2,1-3H3. The summed E-state index contributed by atoms with van der Waals surface area (Å²) in [5, 5.41) is 3.53. The summed E-state index contributed by atoms with van der Waals surface area (Å²) in [4.78, 5) is 14.6. The Morgan fingerprint density at radius 1 is 1.50 bits per heavy atom. The first kappa shape index (κ1) is 14.2. The van der Waals surface area contributed by atoms with E-state index >= 15 is 0 Å². The molecule has 0 spiro atoms. The van der Waals surface area contributed by atoms with Crippen molar-refractivity contribution in [3.05, 3.63) is 0 Å². The maximum Gasteiger partial charge on any atom is 0.241 e. The molecular weight excluding hydrogens is 244 g/mol. The van der Waals surface area contributed by atoms with Gasteiger partial charge in [0.1, 0.15) is 0 Å². The summed E-state index contributed by atoms with van der Waals surface area (Å²) in [5.41, 5.74) is 0. The van der Waals surface area contributed by atoms with Gasteiger partial charge in [-0.1, -0.05) is 27.2 Å². The summed E-state index contributed by atoms with van der Waals surface area (Å²) in [6.07, 6.45) is 3.57. The van der Waals surface area contributed by atoms with Crippen molar-refractivity contribution in [1.29, 1.82) is 0 Å². The van der Waals surface area contributed by atoms with Gasteiger partial charge in [0, 0.05) is 6.54 Å². The van der Waals surface area contributed by atoms with E-state index in [-0.39, 0.29) is 12.2 Å². The van der Waals surface area contributed by atoms with Gasteiger partial charge < -0.3 is 4.90 Å². The first-order valence-electron chi connectivity index (χ1n) is 7.27. The SMILES string of the molecule is CCCC1NC(C(C)C)N(CC2CCSC2)C1=O. The molecule has 0 aliphatic carbocycles. The molecule has 2 rings (SSSR count). The number of hydrogen-bond donors (Lipinski definition) is 1. The number of rotatable bonds is 5. The maximum absolute atomic E-state index is 12.5. The van der Waals surface area contributed by atoms with Crippen molar-refractivity contribution >= 4 is 17.7 Å². The van der Waals surface area contributed by atoms with Crippen LogP contribution in [0.2, 0.25) is 0 Å². The Morgan fingerprint density at radius 2 is 2.28 bits per heavy atom. The molecule has 0 bridgehead atoms. The molecule has 2 saturated heterocycles. The first-order chi connectivity index (χ1) is 8.63. The molecular formula is C14H26N2OS. The van der Waals surface area contributed by atoms with Crippen LogP contribution in [0.1, 0.15) is 40.0 Å². The van der Waals surface area contributed by atoms with Crippen LogP contribution >= 0.6 is 11.8 Å². The highest BCUT2D eigenvalue weighted by Gasteiger charge is 2.40. The molecule has 0 radical (unpaired) electrons. The van der Waals surface area contributed by atoms with Gasteiger partial charge in [-0.25, -0.2) is 0 Å². The minimum atomic E-state index is 0.0662. The van der Waals surface area contributed by atoms with Crippen molar-refractivity contribution in [2.45, 2.75) is 52.2 Å². The third kappa shape index (κ3) is 3.02. The Labute approximate surface area is 115 Å². The van der Waals surface area contributed by atoms with E-state index in [1.165, 1.54) is 17.9 Å². The van der Waals surface area contributed by atoms with Gasteiger partial charge in [0.2, 0.25) is 5.91 Å². The van der Waals surface area contributed by atoms with Crippen molar-refractivity contribution in [2.75, 3.05) is 18.1 Å². The van der Waals surface area contributed by atoms with Gasteiger partial charge in [-0.2, -0.15) is 11.8 Å². The van der Waals surface area contributed by atoms with Crippen LogP contribution in [0.25, 0.3) is 0 Å². The van der Waals surface area contributed by atoms with Crippen LogP contribution in [0.4, 0.5) is 0 Å². The lowest BCUT2D eigenvalue weighted by Crippen LogP contribution is -2.43. The van der Waals surface area contributed by atoms with E-state index in [9.17, 15) is 4.79 Å². The predicted octanol–water partition coefficient (Wildman–Crippen LogP) is 2.32. The molecule has 0 aromatic rings. The number of thioether (sulfide) groups is 1. The molecule has 104 valence electrons. The van der Waals surface area contributed by atoms with Crippen LogP contribution in [-0.4, -0.2) is 41.1 Å². The second-order valence-corrected chi connectivity index (χ2v) is 7.07. The molecule has 2 aliphatic rings. The van der Waals surface area contributed by atoms with Gasteiger partial charge in [-0.3, -0.25) is 10.1 Å². The molecule has 2 heterocycles. The van der Waals surface area contributed by atoms with Crippen LogP contribution in [0.5, 0.6) is 0 Å². The average Bonchev–Trinajstić information content (AvgIpc) is 2.92. The lowest BCUT2D eigenvalue weighted by molar-refractivity contribution is -0.131. The summed E-state index contributed by atoms with van der Waals surface area (Å²) in [7, 11) is 0. The van der Waals surface area contributed by atoms with E-state index in [0.717, 1.165) is 19.4 Å². The Morgan fingerprint density at radius 3 is 2.83 bits per heavy atom. The molecule has 2 fully saturated rings. The van der Waals surface area contributed by atoms with Crippen molar-refractivity contribution in [1.82, 2.24) is 10.2 Å². The molecule has 3 atom stereocenters. The third-order valence-corrected chi connectivity index (χ3v) is 5.21. The fourth-order valence-corrected chi connectivity index (χ4v) is 4.23. The number of amides is 1. The van der Waals surface area contributed by atoms with E-state index in [0.29, 0.717) is 17.7 Å². The second kappa shape index (κ2) is 6.29. The van der Waals surface area contributed by atoms with E-state index in [4.69, 9.17) is 0 Å². The Bertz CT molecular complexity index is 290. The number of hydrogen-bond acceptors (Lipinski definition) is 3. The fourth-order valence-electron chi connectivity index (χ4n) is 2.96. The molecule has 1 amide bonds. The largest absolute Gasteiger partial charge is 0.325 e. The quantitative estimate of drug-likeness (QED) is 0.832. The molecule has 4 heteroatoms. The second-order valence-electron chi connectivity index (χ2n) is 5.92. The minimum Gasteiger partial charge on any atom is -0.325 e. The van der Waals surface area contributed by atoms with Crippen LogP contribution in [0.3, 0.4) is 0 Å².